The van der Waals surface area contributed by atoms with Gasteiger partial charge in [0.05, 0.1) is 11.0 Å². The third-order valence-electron chi connectivity index (χ3n) is 3.70. The quantitative estimate of drug-likeness (QED) is 0.618. The van der Waals surface area contributed by atoms with Crippen LogP contribution in [0.25, 0.3) is 11.0 Å². The Kier molecular flexibility index (Phi) is 4.61. The third-order valence-corrected chi connectivity index (χ3v) is 4.40. The fraction of sp³-hybridized carbons (Fsp3) is 0.467. The van der Waals surface area contributed by atoms with Crippen LogP contribution in [-0.4, -0.2) is 27.4 Å². The summed E-state index contributed by atoms with van der Waals surface area (Å²) in [5.41, 5.74) is 1.26. The molecule has 0 radical (unpaired) electrons. The van der Waals surface area contributed by atoms with Crippen molar-refractivity contribution in [3.05, 3.63) is 24.3 Å². The highest BCUT2D eigenvalue weighted by Gasteiger charge is 2.22. The number of hydrogen-bond donors (Lipinski definition) is 0. The van der Waals surface area contributed by atoms with Crippen LogP contribution in [0.15, 0.2) is 29.4 Å². The molecule has 0 spiro atoms. The van der Waals surface area contributed by atoms with E-state index in [1.165, 1.54) is 4.57 Å². The zero-order valence-corrected chi connectivity index (χ0v) is 12.7. The molecule has 118 valence electrons. The van der Waals surface area contributed by atoms with Crippen LogP contribution in [0.4, 0.5) is 8.78 Å². The average Bonchev–Trinajstić information content (AvgIpc) is 3.07. The molecule has 0 unspecified atom stereocenters. The summed E-state index contributed by atoms with van der Waals surface area (Å²) in [6, 6.07) is 7.08. The highest BCUT2D eigenvalue weighted by atomic mass is 32.2. The van der Waals surface area contributed by atoms with Crippen molar-refractivity contribution in [3.8, 4) is 0 Å². The number of thioether (sulfide) groups is 1. The van der Waals surface area contributed by atoms with E-state index >= 15 is 0 Å². The van der Waals surface area contributed by atoms with Crippen molar-refractivity contribution in [2.75, 3.05) is 0 Å². The van der Waals surface area contributed by atoms with Crippen LogP contribution in [-0.2, 0) is 16.1 Å². The van der Waals surface area contributed by atoms with Crippen LogP contribution >= 0.6 is 11.8 Å². The maximum Gasteiger partial charge on any atom is 0.326 e. The summed E-state index contributed by atoms with van der Waals surface area (Å²) in [6.45, 7) is -0.0912. The summed E-state index contributed by atoms with van der Waals surface area (Å²) in [5, 5.41) is 0.138. The number of fused-ring (bicyclic) bond motifs is 1. The molecule has 0 saturated heterocycles. The van der Waals surface area contributed by atoms with Crippen molar-refractivity contribution in [3.63, 3.8) is 0 Å². The van der Waals surface area contributed by atoms with E-state index < -0.39 is 11.7 Å². The van der Waals surface area contributed by atoms with Gasteiger partial charge in [0, 0.05) is 0 Å². The van der Waals surface area contributed by atoms with Gasteiger partial charge in [-0.1, -0.05) is 12.1 Å². The molecule has 0 aliphatic heterocycles. The number of ether oxygens (including phenoxy) is 1. The van der Waals surface area contributed by atoms with Crippen LogP contribution in [0.3, 0.4) is 0 Å². The number of carbonyl (C=O) groups excluding carboxylic acids is 1. The molecule has 7 heteroatoms. The number of nitrogens with zero attached hydrogens (tertiary/aromatic N) is 2. The molecule has 3 rings (SSSR count). The van der Waals surface area contributed by atoms with Crippen LogP contribution in [0.1, 0.15) is 25.7 Å². The zero-order chi connectivity index (χ0) is 15.5. The number of rotatable bonds is 5. The monoisotopic (exact) mass is 326 g/mol. The van der Waals surface area contributed by atoms with Crippen LogP contribution < -0.4 is 0 Å². The molecule has 0 bridgehead atoms. The van der Waals surface area contributed by atoms with Crippen molar-refractivity contribution in [2.45, 2.75) is 49.2 Å². The second kappa shape index (κ2) is 6.64. The van der Waals surface area contributed by atoms with Gasteiger partial charge in [-0.25, -0.2) is 4.98 Å². The molecular weight excluding hydrogens is 310 g/mol. The molecule has 1 saturated carbocycles. The predicted octanol–water partition coefficient (Wildman–Crippen LogP) is 3.84. The van der Waals surface area contributed by atoms with Crippen molar-refractivity contribution < 1.29 is 18.3 Å². The summed E-state index contributed by atoms with van der Waals surface area (Å²) in [7, 11) is 0. The lowest BCUT2D eigenvalue weighted by Crippen LogP contribution is -2.20. The van der Waals surface area contributed by atoms with Crippen LogP contribution in [0.5, 0.6) is 0 Å². The fourth-order valence-corrected chi connectivity index (χ4v) is 3.33. The molecule has 4 nitrogen and oxygen atoms in total. The molecule has 1 heterocycles. The number of benzene rings is 1. The second-order valence-corrected chi connectivity index (χ2v) is 6.20. The normalized spacial score (nSPS) is 15.8. The first kappa shape index (κ1) is 15.3. The Labute approximate surface area is 130 Å². The molecule has 1 aliphatic rings. The molecular formula is C15H16F2N2O2S. The number of imidazole rings is 1. The lowest BCUT2D eigenvalue weighted by molar-refractivity contribution is -0.149. The van der Waals surface area contributed by atoms with E-state index in [0.29, 0.717) is 22.8 Å². The van der Waals surface area contributed by atoms with Gasteiger partial charge in [-0.3, -0.25) is 4.79 Å². The molecule has 1 aromatic heterocycles. The number of hydrogen-bond acceptors (Lipinski definition) is 4. The fourth-order valence-electron chi connectivity index (χ4n) is 2.73. The van der Waals surface area contributed by atoms with Crippen molar-refractivity contribution in [2.24, 2.45) is 0 Å². The predicted molar refractivity (Wildman–Crippen MR) is 79.9 cm³/mol. The summed E-state index contributed by atoms with van der Waals surface area (Å²) >= 11 is 0.346. The second-order valence-electron chi connectivity index (χ2n) is 5.24. The number of esters is 1. The van der Waals surface area contributed by atoms with Gasteiger partial charge in [0.2, 0.25) is 0 Å². The molecule has 1 fully saturated rings. The summed E-state index contributed by atoms with van der Waals surface area (Å²) in [6.07, 6.45) is 3.87. The number of para-hydroxylation sites is 2. The minimum absolute atomic E-state index is 0.0338. The molecule has 1 aliphatic carbocycles. The first-order chi connectivity index (χ1) is 10.6. The highest BCUT2D eigenvalue weighted by Crippen LogP contribution is 2.29. The van der Waals surface area contributed by atoms with Gasteiger partial charge in [0.15, 0.2) is 5.16 Å². The lowest BCUT2D eigenvalue weighted by Gasteiger charge is -2.13. The topological polar surface area (TPSA) is 44.1 Å². The third kappa shape index (κ3) is 3.40. The van der Waals surface area contributed by atoms with Gasteiger partial charge in [-0.2, -0.15) is 8.78 Å². The molecule has 1 aromatic carbocycles. The summed E-state index contributed by atoms with van der Waals surface area (Å²) in [4.78, 5) is 16.3. The molecule has 0 amide bonds. The first-order valence-electron chi connectivity index (χ1n) is 7.23. The maximum absolute atomic E-state index is 12.7. The van der Waals surface area contributed by atoms with E-state index in [0.717, 1.165) is 25.7 Å². The highest BCUT2D eigenvalue weighted by molar-refractivity contribution is 7.99. The van der Waals surface area contributed by atoms with E-state index in [1.54, 1.807) is 24.3 Å². The maximum atomic E-state index is 12.7. The van der Waals surface area contributed by atoms with E-state index in [4.69, 9.17) is 4.74 Å². The minimum Gasteiger partial charge on any atom is -0.461 e. The van der Waals surface area contributed by atoms with E-state index in [1.807, 2.05) is 0 Å². The van der Waals surface area contributed by atoms with Crippen molar-refractivity contribution in [1.29, 1.82) is 0 Å². The van der Waals surface area contributed by atoms with E-state index in [-0.39, 0.29) is 17.8 Å². The van der Waals surface area contributed by atoms with Gasteiger partial charge >= 0.3 is 5.97 Å². The summed E-state index contributed by atoms with van der Waals surface area (Å²) < 4.78 is 32.3. The Morgan fingerprint density at radius 2 is 2.09 bits per heavy atom. The Morgan fingerprint density at radius 1 is 1.36 bits per heavy atom. The molecule has 22 heavy (non-hydrogen) atoms. The average molecular weight is 326 g/mol. The van der Waals surface area contributed by atoms with Gasteiger partial charge in [-0.15, -0.1) is 0 Å². The molecule has 0 atom stereocenters. The Morgan fingerprint density at radius 3 is 2.82 bits per heavy atom. The van der Waals surface area contributed by atoms with Crippen molar-refractivity contribution >= 4 is 28.8 Å². The van der Waals surface area contributed by atoms with Crippen molar-refractivity contribution in [1.82, 2.24) is 9.55 Å². The van der Waals surface area contributed by atoms with Gasteiger partial charge in [-0.05, 0) is 49.6 Å². The Balaban J connectivity index is 1.82. The van der Waals surface area contributed by atoms with Crippen LogP contribution in [0.2, 0.25) is 0 Å². The van der Waals surface area contributed by atoms with Gasteiger partial charge in [0.25, 0.3) is 5.76 Å². The molecule has 2 aromatic rings. The standard InChI is InChI=1S/C15H16F2N2O2S/c16-14(17)22-15-18-11-7-3-4-8-12(11)19(15)9-13(20)21-10-5-1-2-6-10/h3-4,7-8,10,14H,1-2,5-6,9H2. The van der Waals surface area contributed by atoms with Gasteiger partial charge < -0.3 is 9.30 Å². The number of carbonyl (C=O) groups is 1. The smallest absolute Gasteiger partial charge is 0.326 e. The largest absolute Gasteiger partial charge is 0.461 e. The van der Waals surface area contributed by atoms with Crippen LogP contribution in [0, 0.1) is 0 Å². The Bertz CT molecular complexity index is 669. The number of halogens is 2. The van der Waals surface area contributed by atoms with E-state index in [9.17, 15) is 13.6 Å². The summed E-state index contributed by atoms with van der Waals surface area (Å²) in [5.74, 6) is -2.98. The first-order valence-corrected chi connectivity index (χ1v) is 8.11. The minimum atomic E-state index is -2.58. The lowest BCUT2D eigenvalue weighted by atomic mass is 10.3. The van der Waals surface area contributed by atoms with E-state index in [2.05, 4.69) is 4.98 Å². The zero-order valence-electron chi connectivity index (χ0n) is 11.9. The molecule has 0 N–H and O–H groups in total. The number of aromatic nitrogens is 2. The van der Waals surface area contributed by atoms with Gasteiger partial charge in [0.1, 0.15) is 12.6 Å². The Hall–Kier alpha value is -1.63. The SMILES string of the molecule is O=C(Cn1c(SC(F)F)nc2ccccc21)OC1CCCC1. The number of alkyl halides is 2.